The van der Waals surface area contributed by atoms with Crippen LogP contribution in [0.1, 0.15) is 31.0 Å². The van der Waals surface area contributed by atoms with Crippen LogP contribution in [0.2, 0.25) is 0 Å². The average Bonchev–Trinajstić information content (AvgIpc) is 2.69. The van der Waals surface area contributed by atoms with E-state index in [1.165, 1.54) is 17.8 Å². The summed E-state index contributed by atoms with van der Waals surface area (Å²) < 4.78 is 13.2. The molecule has 29 heavy (non-hydrogen) atoms. The van der Waals surface area contributed by atoms with Crippen LogP contribution in [0.25, 0.3) is 0 Å². The molecule has 5 nitrogen and oxygen atoms in total. The van der Waals surface area contributed by atoms with Gasteiger partial charge >= 0.3 is 6.03 Å². The zero-order chi connectivity index (χ0) is 21.0. The summed E-state index contributed by atoms with van der Waals surface area (Å²) in [5, 5.41) is 5.99. The highest BCUT2D eigenvalue weighted by molar-refractivity contribution is 5.90. The zero-order valence-electron chi connectivity index (χ0n) is 17.7. The molecular weight excluding hydrogens is 367 g/mol. The van der Waals surface area contributed by atoms with E-state index in [1.807, 2.05) is 26.8 Å². The number of hydrogen-bond donors (Lipinski definition) is 2. The van der Waals surface area contributed by atoms with Crippen LogP contribution < -0.4 is 15.5 Å². The Kier molecular flexibility index (Phi) is 6.75. The smallest absolute Gasteiger partial charge is 0.319 e. The molecule has 1 aliphatic heterocycles. The number of rotatable bonds is 5. The Morgan fingerprint density at radius 1 is 1.03 bits per heavy atom. The third kappa shape index (κ3) is 5.48. The minimum absolute atomic E-state index is 0.173. The highest BCUT2D eigenvalue weighted by Gasteiger charge is 2.19. The van der Waals surface area contributed by atoms with Crippen LogP contribution in [-0.4, -0.2) is 44.2 Å². The second-order valence-electron chi connectivity index (χ2n) is 8.16. The van der Waals surface area contributed by atoms with E-state index >= 15 is 0 Å². The van der Waals surface area contributed by atoms with Gasteiger partial charge in [0.05, 0.1) is 6.04 Å². The molecule has 0 bridgehead atoms. The molecule has 1 aliphatic rings. The van der Waals surface area contributed by atoms with E-state index in [0.29, 0.717) is 0 Å². The van der Waals surface area contributed by atoms with Gasteiger partial charge in [0.15, 0.2) is 0 Å². The van der Waals surface area contributed by atoms with Gasteiger partial charge in [0, 0.05) is 37.6 Å². The van der Waals surface area contributed by atoms with Gasteiger partial charge in [-0.25, -0.2) is 9.18 Å². The Balaban J connectivity index is 1.65. The fraction of sp³-hybridized carbons (Fsp3) is 0.435. The number of likely N-dealkylation sites (N-methyl/N-ethyl adjacent to an activating group) is 1. The van der Waals surface area contributed by atoms with Gasteiger partial charge in [-0.2, -0.15) is 0 Å². The van der Waals surface area contributed by atoms with Gasteiger partial charge in [0.1, 0.15) is 5.82 Å². The number of hydrogen-bond acceptors (Lipinski definition) is 3. The van der Waals surface area contributed by atoms with E-state index in [9.17, 15) is 9.18 Å². The lowest BCUT2D eigenvalue weighted by Crippen LogP contribution is -2.44. The summed E-state index contributed by atoms with van der Waals surface area (Å²) in [6.45, 7) is 10.2. The predicted octanol–water partition coefficient (Wildman–Crippen LogP) is 4.40. The number of carbonyl (C=O) groups excluding carboxylic acids is 1. The molecule has 156 valence electrons. The molecule has 1 saturated heterocycles. The summed E-state index contributed by atoms with van der Waals surface area (Å²) in [5.74, 6) is -0.108. The Labute approximate surface area is 172 Å². The minimum atomic E-state index is -0.281. The quantitative estimate of drug-likeness (QED) is 0.785. The molecule has 2 aromatic rings. The Hall–Kier alpha value is -2.60. The first-order chi connectivity index (χ1) is 13.8. The van der Waals surface area contributed by atoms with Crippen LogP contribution >= 0.6 is 0 Å². The first-order valence-corrected chi connectivity index (χ1v) is 10.2. The normalized spacial score (nSPS) is 16.0. The van der Waals surface area contributed by atoms with Crippen LogP contribution in [0.15, 0.2) is 42.5 Å². The van der Waals surface area contributed by atoms with Crippen LogP contribution in [0.4, 0.5) is 20.6 Å². The Morgan fingerprint density at radius 3 is 2.28 bits per heavy atom. The lowest BCUT2D eigenvalue weighted by atomic mass is 9.96. The predicted molar refractivity (Wildman–Crippen MR) is 117 cm³/mol. The largest absolute Gasteiger partial charge is 0.369 e. The lowest BCUT2D eigenvalue weighted by molar-refractivity contribution is 0.244. The van der Waals surface area contributed by atoms with Gasteiger partial charge in [-0.1, -0.05) is 26.0 Å². The Morgan fingerprint density at radius 2 is 1.69 bits per heavy atom. The molecule has 6 heteroatoms. The molecule has 0 spiro atoms. The van der Waals surface area contributed by atoms with Crippen molar-refractivity contribution >= 4 is 17.4 Å². The average molecular weight is 399 g/mol. The van der Waals surface area contributed by atoms with Crippen LogP contribution in [0.5, 0.6) is 0 Å². The van der Waals surface area contributed by atoms with E-state index in [2.05, 4.69) is 39.6 Å². The molecule has 1 fully saturated rings. The standard InChI is InChI=1S/C23H31FN4O/c1-16(2)22(18-5-7-19(24)8-6-18)26-23(29)25-21-10-9-20(15-17(21)3)28-13-11-27(4)12-14-28/h5-10,15-16,22H,11-14H2,1-4H3,(H2,25,26,29). The van der Waals surface area contributed by atoms with E-state index in [1.54, 1.807) is 12.1 Å². The van der Waals surface area contributed by atoms with Gasteiger partial charge in [0.25, 0.3) is 0 Å². The molecule has 1 atom stereocenters. The summed E-state index contributed by atoms with van der Waals surface area (Å²) in [5.41, 5.74) is 3.90. The van der Waals surface area contributed by atoms with Crippen molar-refractivity contribution in [3.63, 3.8) is 0 Å². The van der Waals surface area contributed by atoms with Gasteiger partial charge in [-0.3, -0.25) is 0 Å². The summed E-state index contributed by atoms with van der Waals surface area (Å²) in [4.78, 5) is 17.3. The second-order valence-corrected chi connectivity index (χ2v) is 8.16. The Bertz CT molecular complexity index is 829. The molecule has 0 aliphatic carbocycles. The van der Waals surface area contributed by atoms with Gasteiger partial charge in [-0.05, 0) is 61.3 Å². The van der Waals surface area contributed by atoms with Crippen molar-refractivity contribution < 1.29 is 9.18 Å². The van der Waals surface area contributed by atoms with Crippen molar-refractivity contribution in [2.45, 2.75) is 26.8 Å². The van der Waals surface area contributed by atoms with Crippen molar-refractivity contribution in [1.29, 1.82) is 0 Å². The molecular formula is C23H31FN4O. The first-order valence-electron chi connectivity index (χ1n) is 10.2. The number of aryl methyl sites for hydroxylation is 1. The molecule has 1 unspecified atom stereocenters. The molecule has 2 amide bonds. The van der Waals surface area contributed by atoms with Crippen LogP contribution in [0, 0.1) is 18.7 Å². The number of benzene rings is 2. The number of urea groups is 1. The fourth-order valence-electron chi connectivity index (χ4n) is 3.65. The minimum Gasteiger partial charge on any atom is -0.369 e. The molecule has 3 rings (SSSR count). The number of carbonyl (C=O) groups is 1. The van der Waals surface area contributed by atoms with Crippen molar-refractivity contribution in [1.82, 2.24) is 10.2 Å². The number of piperazine rings is 1. The highest BCUT2D eigenvalue weighted by atomic mass is 19.1. The summed E-state index contributed by atoms with van der Waals surface area (Å²) in [7, 11) is 2.14. The monoisotopic (exact) mass is 398 g/mol. The van der Waals surface area contributed by atoms with Gasteiger partial charge in [-0.15, -0.1) is 0 Å². The molecule has 2 aromatic carbocycles. The second kappa shape index (κ2) is 9.27. The van der Waals surface area contributed by atoms with E-state index < -0.39 is 0 Å². The topological polar surface area (TPSA) is 47.6 Å². The van der Waals surface area contributed by atoms with Crippen LogP contribution in [0.3, 0.4) is 0 Å². The maximum Gasteiger partial charge on any atom is 0.319 e. The lowest BCUT2D eigenvalue weighted by Gasteiger charge is -2.34. The number of anilines is 2. The summed E-state index contributed by atoms with van der Waals surface area (Å²) in [6.07, 6.45) is 0. The first kappa shape index (κ1) is 21.1. The zero-order valence-corrected chi connectivity index (χ0v) is 17.7. The molecule has 0 radical (unpaired) electrons. The van der Waals surface area contributed by atoms with Crippen molar-refractivity contribution in [2.75, 3.05) is 43.4 Å². The fourth-order valence-corrected chi connectivity index (χ4v) is 3.65. The maximum atomic E-state index is 13.2. The molecule has 2 N–H and O–H groups in total. The third-order valence-electron chi connectivity index (χ3n) is 5.51. The van der Waals surface area contributed by atoms with Crippen molar-refractivity contribution in [3.05, 3.63) is 59.4 Å². The summed E-state index contributed by atoms with van der Waals surface area (Å²) >= 11 is 0. The van der Waals surface area contributed by atoms with Gasteiger partial charge < -0.3 is 20.4 Å². The summed E-state index contributed by atoms with van der Waals surface area (Å²) in [6, 6.07) is 12.0. The van der Waals surface area contributed by atoms with Crippen molar-refractivity contribution in [2.24, 2.45) is 5.92 Å². The van der Waals surface area contributed by atoms with Crippen molar-refractivity contribution in [3.8, 4) is 0 Å². The number of halogens is 1. The van der Waals surface area contributed by atoms with E-state index in [0.717, 1.165) is 43.0 Å². The van der Waals surface area contributed by atoms with E-state index in [4.69, 9.17) is 0 Å². The van der Waals surface area contributed by atoms with E-state index in [-0.39, 0.29) is 23.8 Å². The number of amides is 2. The molecule has 0 aromatic heterocycles. The highest BCUT2D eigenvalue weighted by Crippen LogP contribution is 2.25. The number of nitrogens with zero attached hydrogens (tertiary/aromatic N) is 2. The maximum absolute atomic E-state index is 13.2. The third-order valence-corrected chi connectivity index (χ3v) is 5.51. The SMILES string of the molecule is Cc1cc(N2CCN(C)CC2)ccc1NC(=O)NC(c1ccc(F)cc1)C(C)C. The molecule has 1 heterocycles. The van der Waals surface area contributed by atoms with Crippen LogP contribution in [-0.2, 0) is 0 Å². The van der Waals surface area contributed by atoms with Gasteiger partial charge in [0.2, 0.25) is 0 Å². The molecule has 0 saturated carbocycles. The number of nitrogens with one attached hydrogen (secondary N) is 2.